The third-order valence-corrected chi connectivity index (χ3v) is 6.27. The van der Waals surface area contributed by atoms with E-state index in [1.54, 1.807) is 0 Å². The molecule has 2 aliphatic heterocycles. The summed E-state index contributed by atoms with van der Waals surface area (Å²) in [5.41, 5.74) is 3.61. The van der Waals surface area contributed by atoms with Crippen molar-refractivity contribution in [3.63, 3.8) is 0 Å². The van der Waals surface area contributed by atoms with Crippen molar-refractivity contribution >= 4 is 23.8 Å². The van der Waals surface area contributed by atoms with E-state index in [1.165, 1.54) is 0 Å². The lowest BCUT2D eigenvalue weighted by molar-refractivity contribution is 0.0679. The van der Waals surface area contributed by atoms with Gasteiger partial charge < -0.3 is 18.9 Å². The van der Waals surface area contributed by atoms with E-state index in [-0.39, 0.29) is 12.2 Å². The summed E-state index contributed by atoms with van der Waals surface area (Å²) < 4.78 is 22.9. The van der Waals surface area contributed by atoms with Crippen LogP contribution in [0.4, 0.5) is 11.4 Å². The van der Waals surface area contributed by atoms with Crippen LogP contribution in [0, 0.1) is 0 Å². The summed E-state index contributed by atoms with van der Waals surface area (Å²) >= 11 is 0. The van der Waals surface area contributed by atoms with E-state index >= 15 is 0 Å². The van der Waals surface area contributed by atoms with Crippen molar-refractivity contribution in [1.29, 1.82) is 0 Å². The van der Waals surface area contributed by atoms with Crippen LogP contribution in [0.3, 0.4) is 0 Å². The zero-order valence-corrected chi connectivity index (χ0v) is 20.4. The Hall–Kier alpha value is -3.48. The number of aliphatic imine (C=N–C) groups is 2. The Bertz CT molecular complexity index is 1050. The zero-order valence-electron chi connectivity index (χ0n) is 20.4. The average molecular weight is 485 g/mol. The van der Waals surface area contributed by atoms with Crippen LogP contribution in [0.1, 0.15) is 36.8 Å². The highest BCUT2D eigenvalue weighted by Gasteiger charge is 2.16. The molecule has 3 aromatic rings. The molecule has 0 saturated carbocycles. The first-order chi connectivity index (χ1) is 17.8. The van der Waals surface area contributed by atoms with E-state index in [1.807, 2.05) is 85.2 Å². The summed E-state index contributed by atoms with van der Waals surface area (Å²) in [5, 5.41) is 0. The van der Waals surface area contributed by atoms with Crippen LogP contribution in [0.25, 0.3) is 0 Å². The van der Waals surface area contributed by atoms with E-state index < -0.39 is 0 Å². The molecule has 2 aliphatic rings. The summed E-state index contributed by atoms with van der Waals surface area (Å²) in [4.78, 5) is 9.34. The van der Waals surface area contributed by atoms with Crippen LogP contribution in [0.15, 0.2) is 82.8 Å². The maximum Gasteiger partial charge on any atom is 0.119 e. The molecule has 36 heavy (non-hydrogen) atoms. The molecule has 0 bridgehead atoms. The van der Waals surface area contributed by atoms with Gasteiger partial charge in [0.1, 0.15) is 24.7 Å². The monoisotopic (exact) mass is 484 g/mol. The molecule has 6 heteroatoms. The van der Waals surface area contributed by atoms with Crippen molar-refractivity contribution in [2.75, 3.05) is 26.4 Å². The number of ether oxygens (including phenoxy) is 4. The van der Waals surface area contributed by atoms with Crippen LogP contribution in [0.2, 0.25) is 0 Å². The average Bonchev–Trinajstić information content (AvgIpc) is 3.65. The second kappa shape index (κ2) is 12.5. The standard InChI is InChI=1S/C30H32N2O4/c1-2-8-30(32-20-24-11-15-26(16-12-24)36-22-28-6-4-18-34-28)29(7-1)31-19-23-9-13-25(14-10-23)35-21-27-5-3-17-33-27/h1-2,7-16,19-20,27-28H,3-6,17-18,21-22H2/t27-,28-/m0/s1. The van der Waals surface area contributed by atoms with Crippen LogP contribution in [0.5, 0.6) is 11.5 Å². The number of rotatable bonds is 10. The molecule has 0 unspecified atom stereocenters. The highest BCUT2D eigenvalue weighted by atomic mass is 16.5. The van der Waals surface area contributed by atoms with Crippen molar-refractivity contribution in [2.24, 2.45) is 9.98 Å². The van der Waals surface area contributed by atoms with Gasteiger partial charge in [-0.05, 0) is 97.5 Å². The van der Waals surface area contributed by atoms with Gasteiger partial charge in [0, 0.05) is 25.6 Å². The van der Waals surface area contributed by atoms with Gasteiger partial charge in [0.2, 0.25) is 0 Å². The summed E-state index contributed by atoms with van der Waals surface area (Å²) in [6.45, 7) is 2.88. The van der Waals surface area contributed by atoms with Gasteiger partial charge in [-0.1, -0.05) is 12.1 Å². The first kappa shape index (κ1) is 24.2. The predicted octanol–water partition coefficient (Wildman–Crippen LogP) is 6.30. The van der Waals surface area contributed by atoms with Gasteiger partial charge in [-0.3, -0.25) is 9.98 Å². The van der Waals surface area contributed by atoms with Gasteiger partial charge in [-0.15, -0.1) is 0 Å². The molecule has 6 nitrogen and oxygen atoms in total. The number of hydrogen-bond acceptors (Lipinski definition) is 6. The summed E-state index contributed by atoms with van der Waals surface area (Å²) in [7, 11) is 0. The van der Waals surface area contributed by atoms with E-state index in [4.69, 9.17) is 18.9 Å². The van der Waals surface area contributed by atoms with E-state index in [0.717, 1.165) is 72.9 Å². The molecular weight excluding hydrogens is 452 g/mol. The van der Waals surface area contributed by atoms with Crippen molar-refractivity contribution in [3.05, 3.63) is 83.9 Å². The summed E-state index contributed by atoms with van der Waals surface area (Å²) in [5.74, 6) is 1.69. The quantitative estimate of drug-likeness (QED) is 0.317. The van der Waals surface area contributed by atoms with Gasteiger partial charge in [0.25, 0.3) is 0 Å². The van der Waals surface area contributed by atoms with Crippen molar-refractivity contribution in [2.45, 2.75) is 37.9 Å². The summed E-state index contributed by atoms with van der Waals surface area (Å²) in [6.07, 6.45) is 8.50. The molecule has 2 saturated heterocycles. The predicted molar refractivity (Wildman–Crippen MR) is 143 cm³/mol. The number of para-hydroxylation sites is 2. The zero-order chi connectivity index (χ0) is 24.4. The molecule has 186 valence electrons. The fourth-order valence-corrected chi connectivity index (χ4v) is 4.20. The minimum Gasteiger partial charge on any atom is -0.491 e. The van der Waals surface area contributed by atoms with E-state index in [0.29, 0.717) is 13.2 Å². The van der Waals surface area contributed by atoms with Gasteiger partial charge in [-0.2, -0.15) is 0 Å². The molecule has 0 aliphatic carbocycles. The number of nitrogens with zero attached hydrogens (tertiary/aromatic N) is 2. The second-order valence-corrected chi connectivity index (χ2v) is 9.04. The van der Waals surface area contributed by atoms with Crippen LogP contribution in [-0.2, 0) is 9.47 Å². The minimum absolute atomic E-state index is 0.214. The highest BCUT2D eigenvalue weighted by molar-refractivity contribution is 5.86. The molecule has 0 aromatic heterocycles. The van der Waals surface area contributed by atoms with Gasteiger partial charge in [0.05, 0.1) is 23.6 Å². The largest absolute Gasteiger partial charge is 0.491 e. The molecule has 2 atom stereocenters. The van der Waals surface area contributed by atoms with E-state index in [2.05, 4.69) is 9.98 Å². The van der Waals surface area contributed by atoms with Gasteiger partial charge in [-0.25, -0.2) is 0 Å². The van der Waals surface area contributed by atoms with Gasteiger partial charge in [0.15, 0.2) is 0 Å². The Kier molecular flexibility index (Phi) is 8.39. The van der Waals surface area contributed by atoms with Crippen molar-refractivity contribution in [1.82, 2.24) is 0 Å². The maximum absolute atomic E-state index is 5.84. The second-order valence-electron chi connectivity index (χ2n) is 9.04. The Labute approximate surface area is 212 Å². The van der Waals surface area contributed by atoms with Crippen LogP contribution in [-0.4, -0.2) is 51.1 Å². The minimum atomic E-state index is 0.214. The maximum atomic E-state index is 5.84. The fourth-order valence-electron chi connectivity index (χ4n) is 4.20. The normalized spacial score (nSPS) is 19.9. The Balaban J connectivity index is 1.16. The topological polar surface area (TPSA) is 61.6 Å². The Morgan fingerprint density at radius 2 is 1.08 bits per heavy atom. The Morgan fingerprint density at radius 1 is 0.639 bits per heavy atom. The third kappa shape index (κ3) is 7.03. The molecule has 0 N–H and O–H groups in total. The molecule has 0 spiro atoms. The SMILES string of the molecule is C(=Nc1ccccc1N=Cc1ccc(OC[C@@H]2CCCO2)cc1)c1ccc(OC[C@@H]2CCCO2)cc1. The smallest absolute Gasteiger partial charge is 0.119 e. The molecular formula is C30H32N2O4. The molecule has 0 radical (unpaired) electrons. The van der Waals surface area contributed by atoms with Crippen molar-refractivity contribution < 1.29 is 18.9 Å². The Morgan fingerprint density at radius 3 is 1.47 bits per heavy atom. The van der Waals surface area contributed by atoms with E-state index in [9.17, 15) is 0 Å². The molecule has 2 heterocycles. The number of benzene rings is 3. The number of hydrogen-bond donors (Lipinski definition) is 0. The van der Waals surface area contributed by atoms with Crippen molar-refractivity contribution in [3.8, 4) is 11.5 Å². The first-order valence-electron chi connectivity index (χ1n) is 12.7. The van der Waals surface area contributed by atoms with Crippen LogP contribution < -0.4 is 9.47 Å². The third-order valence-electron chi connectivity index (χ3n) is 6.27. The summed E-state index contributed by atoms with van der Waals surface area (Å²) in [6, 6.07) is 23.7. The first-order valence-corrected chi connectivity index (χ1v) is 12.7. The highest BCUT2D eigenvalue weighted by Crippen LogP contribution is 2.27. The molecule has 5 rings (SSSR count). The van der Waals surface area contributed by atoms with Gasteiger partial charge >= 0.3 is 0 Å². The van der Waals surface area contributed by atoms with Crippen LogP contribution >= 0.6 is 0 Å². The lowest BCUT2D eigenvalue weighted by Gasteiger charge is -2.11. The molecule has 2 fully saturated rings. The molecule has 3 aromatic carbocycles. The molecule has 0 amide bonds. The lowest BCUT2D eigenvalue weighted by Crippen LogP contribution is -2.16. The lowest BCUT2D eigenvalue weighted by atomic mass is 10.2. The fraction of sp³-hybridized carbons (Fsp3) is 0.333.